The van der Waals surface area contributed by atoms with Crippen molar-refractivity contribution in [2.75, 3.05) is 7.11 Å². The lowest BCUT2D eigenvalue weighted by Crippen LogP contribution is -2.23. The molecule has 7 heteroatoms. The highest BCUT2D eigenvalue weighted by Gasteiger charge is 2.09. The molecule has 2 aromatic heterocycles. The second-order valence-corrected chi connectivity index (χ2v) is 3.96. The topological polar surface area (TPSA) is 89.0 Å². The maximum Gasteiger partial charge on any atom is 0.269 e. The van der Waals surface area contributed by atoms with Crippen LogP contribution in [0.5, 0.6) is 5.88 Å². The fraction of sp³-hybridized carbons (Fsp3) is 0.250. The summed E-state index contributed by atoms with van der Waals surface area (Å²) in [7, 11) is 3.08. The van der Waals surface area contributed by atoms with Crippen LogP contribution in [-0.2, 0) is 13.6 Å². The predicted octanol–water partition coefficient (Wildman–Crippen LogP) is 0.0470. The summed E-state index contributed by atoms with van der Waals surface area (Å²) in [4.78, 5) is 27.0. The zero-order valence-corrected chi connectivity index (χ0v) is 10.6. The van der Waals surface area contributed by atoms with Crippen LogP contribution in [0.2, 0.25) is 0 Å². The third-order valence-corrected chi connectivity index (χ3v) is 2.59. The zero-order valence-electron chi connectivity index (χ0n) is 10.6. The molecule has 2 rings (SSSR count). The Bertz CT molecular complexity index is 644. The van der Waals surface area contributed by atoms with Gasteiger partial charge < -0.3 is 10.1 Å². The van der Waals surface area contributed by atoms with Crippen molar-refractivity contribution in [1.29, 1.82) is 0 Å². The maximum absolute atomic E-state index is 11.8. The molecule has 2 aromatic rings. The number of nitrogens with one attached hydrogen (secondary N) is 2. The van der Waals surface area contributed by atoms with E-state index in [-0.39, 0.29) is 17.2 Å². The molecule has 0 aromatic carbocycles. The smallest absolute Gasteiger partial charge is 0.269 e. The van der Waals surface area contributed by atoms with Crippen LogP contribution in [0.3, 0.4) is 0 Å². The summed E-state index contributed by atoms with van der Waals surface area (Å²) in [5.74, 6) is 0.147. The molecule has 0 aliphatic rings. The molecule has 0 saturated carbocycles. The molecule has 0 unspecified atom stereocenters. The molecule has 0 fully saturated rings. The summed E-state index contributed by atoms with van der Waals surface area (Å²) >= 11 is 0. The van der Waals surface area contributed by atoms with Gasteiger partial charge in [0.1, 0.15) is 5.69 Å². The lowest BCUT2D eigenvalue weighted by atomic mass is 10.2. The number of methoxy groups -OCH3 is 1. The normalized spacial score (nSPS) is 10.2. The molecule has 0 radical (unpaired) electrons. The number of aromatic nitrogens is 3. The Morgan fingerprint density at radius 3 is 2.95 bits per heavy atom. The van der Waals surface area contributed by atoms with Gasteiger partial charge in [0, 0.05) is 31.9 Å². The van der Waals surface area contributed by atoms with Crippen molar-refractivity contribution in [2.45, 2.75) is 6.54 Å². The molecular formula is C12H14N4O3. The maximum atomic E-state index is 11.8. The fourth-order valence-corrected chi connectivity index (χ4v) is 1.55. The Morgan fingerprint density at radius 1 is 1.53 bits per heavy atom. The first-order valence-electron chi connectivity index (χ1n) is 5.63. The molecule has 0 atom stereocenters. The molecule has 1 amide bonds. The number of nitrogens with zero attached hydrogens (tertiary/aromatic N) is 2. The first-order valence-corrected chi connectivity index (χ1v) is 5.63. The number of hydrogen-bond acceptors (Lipinski definition) is 4. The van der Waals surface area contributed by atoms with E-state index in [9.17, 15) is 9.59 Å². The minimum absolute atomic E-state index is 0.230. The third kappa shape index (κ3) is 3.01. The van der Waals surface area contributed by atoms with Crippen molar-refractivity contribution >= 4 is 5.91 Å². The largest absolute Gasteiger partial charge is 0.481 e. The van der Waals surface area contributed by atoms with Crippen molar-refractivity contribution in [3.8, 4) is 5.88 Å². The molecule has 0 bridgehead atoms. The van der Waals surface area contributed by atoms with E-state index in [2.05, 4.69) is 15.4 Å². The lowest BCUT2D eigenvalue weighted by molar-refractivity contribution is 0.0945. The average molecular weight is 262 g/mol. The first kappa shape index (κ1) is 12.9. The minimum Gasteiger partial charge on any atom is -0.481 e. The number of carbonyl (C=O) groups excluding carboxylic acids is 1. The quantitative estimate of drug-likeness (QED) is 0.814. The van der Waals surface area contributed by atoms with E-state index in [0.29, 0.717) is 12.4 Å². The highest BCUT2D eigenvalue weighted by Crippen LogP contribution is 2.08. The fourth-order valence-electron chi connectivity index (χ4n) is 1.55. The van der Waals surface area contributed by atoms with Crippen LogP contribution in [0.4, 0.5) is 0 Å². The van der Waals surface area contributed by atoms with Gasteiger partial charge in [0.25, 0.3) is 11.5 Å². The summed E-state index contributed by atoms with van der Waals surface area (Å²) in [5.41, 5.74) is 0.836. The van der Waals surface area contributed by atoms with Gasteiger partial charge in [-0.15, -0.1) is 0 Å². The van der Waals surface area contributed by atoms with Crippen LogP contribution in [0.25, 0.3) is 0 Å². The van der Waals surface area contributed by atoms with E-state index in [0.717, 1.165) is 5.56 Å². The number of amides is 1. The van der Waals surface area contributed by atoms with Crippen LogP contribution >= 0.6 is 0 Å². The van der Waals surface area contributed by atoms with E-state index in [1.807, 2.05) is 0 Å². The van der Waals surface area contributed by atoms with Gasteiger partial charge in [-0.25, -0.2) is 4.98 Å². The summed E-state index contributed by atoms with van der Waals surface area (Å²) in [6, 6.07) is 4.76. The molecule has 0 aliphatic heterocycles. The Hall–Kier alpha value is -2.57. The number of pyridine rings is 1. The molecule has 2 heterocycles. The van der Waals surface area contributed by atoms with E-state index in [1.54, 1.807) is 25.4 Å². The van der Waals surface area contributed by atoms with Gasteiger partial charge >= 0.3 is 0 Å². The highest BCUT2D eigenvalue weighted by molar-refractivity contribution is 5.92. The van der Waals surface area contributed by atoms with Crippen molar-refractivity contribution in [1.82, 2.24) is 20.1 Å². The van der Waals surface area contributed by atoms with E-state index in [4.69, 9.17) is 4.74 Å². The molecule has 0 spiro atoms. The summed E-state index contributed by atoms with van der Waals surface area (Å²) in [6.45, 7) is 0.328. The van der Waals surface area contributed by atoms with Crippen LogP contribution in [0.15, 0.2) is 29.2 Å². The minimum atomic E-state index is -0.339. The second kappa shape index (κ2) is 5.38. The van der Waals surface area contributed by atoms with E-state index < -0.39 is 0 Å². The number of ether oxygens (including phenoxy) is 1. The standard InChI is InChI=1S/C12H14N4O3/c1-16-11(17)6-9(15-16)12(18)14-7-8-3-4-13-10(5-8)19-2/h3-6,15H,7H2,1-2H3,(H,14,18). The molecule has 100 valence electrons. The third-order valence-electron chi connectivity index (χ3n) is 2.59. The van der Waals surface area contributed by atoms with Crippen molar-refractivity contribution in [3.63, 3.8) is 0 Å². The van der Waals surface area contributed by atoms with Crippen molar-refractivity contribution in [2.24, 2.45) is 7.05 Å². The summed E-state index contributed by atoms with van der Waals surface area (Å²) in [5, 5.41) is 5.36. The van der Waals surface area contributed by atoms with E-state index >= 15 is 0 Å². The van der Waals surface area contributed by atoms with Crippen molar-refractivity contribution < 1.29 is 9.53 Å². The molecule has 0 saturated heterocycles. The van der Waals surface area contributed by atoms with Crippen LogP contribution < -0.4 is 15.6 Å². The molecule has 2 N–H and O–H groups in total. The van der Waals surface area contributed by atoms with Crippen molar-refractivity contribution in [3.05, 3.63) is 46.0 Å². The van der Waals surface area contributed by atoms with Gasteiger partial charge in [-0.05, 0) is 11.6 Å². The van der Waals surface area contributed by atoms with Gasteiger partial charge in [0.15, 0.2) is 0 Å². The number of rotatable bonds is 4. The monoisotopic (exact) mass is 262 g/mol. The number of carbonyl (C=O) groups is 1. The van der Waals surface area contributed by atoms with Crippen LogP contribution in [0.1, 0.15) is 16.1 Å². The Morgan fingerprint density at radius 2 is 2.32 bits per heavy atom. The van der Waals surface area contributed by atoms with Crippen LogP contribution in [-0.4, -0.2) is 27.8 Å². The Labute approximate surface area is 109 Å². The number of H-pyrrole nitrogens is 1. The zero-order chi connectivity index (χ0) is 13.8. The van der Waals surface area contributed by atoms with Gasteiger partial charge in [-0.1, -0.05) is 0 Å². The van der Waals surface area contributed by atoms with Gasteiger partial charge in [0.2, 0.25) is 5.88 Å². The lowest BCUT2D eigenvalue weighted by Gasteiger charge is -2.05. The van der Waals surface area contributed by atoms with Gasteiger partial charge in [0.05, 0.1) is 7.11 Å². The molecule has 19 heavy (non-hydrogen) atoms. The highest BCUT2D eigenvalue weighted by atomic mass is 16.5. The number of hydrogen-bond donors (Lipinski definition) is 2. The SMILES string of the molecule is COc1cc(CNC(=O)c2cc(=O)n(C)[nH]2)ccn1. The number of aromatic amines is 1. The second-order valence-electron chi connectivity index (χ2n) is 3.96. The molecule has 7 nitrogen and oxygen atoms in total. The predicted molar refractivity (Wildman–Crippen MR) is 68.0 cm³/mol. The molecular weight excluding hydrogens is 248 g/mol. The Kier molecular flexibility index (Phi) is 3.65. The first-order chi connectivity index (χ1) is 9.10. The number of aryl methyl sites for hydroxylation is 1. The van der Waals surface area contributed by atoms with Gasteiger partial charge in [-0.2, -0.15) is 0 Å². The van der Waals surface area contributed by atoms with Crippen LogP contribution in [0, 0.1) is 0 Å². The van der Waals surface area contributed by atoms with Gasteiger partial charge in [-0.3, -0.25) is 19.4 Å². The van der Waals surface area contributed by atoms with E-state index in [1.165, 1.54) is 17.9 Å². The molecule has 0 aliphatic carbocycles. The summed E-state index contributed by atoms with van der Waals surface area (Å²) < 4.78 is 6.23. The Balaban J connectivity index is 2.02. The summed E-state index contributed by atoms with van der Waals surface area (Å²) in [6.07, 6.45) is 1.60. The average Bonchev–Trinajstić information content (AvgIpc) is 2.76.